The molecule has 1 unspecified atom stereocenters. The molecule has 0 bridgehead atoms. The predicted octanol–water partition coefficient (Wildman–Crippen LogP) is 2.42. The molecule has 1 aromatic heterocycles. The quantitative estimate of drug-likeness (QED) is 0.856. The molecule has 100 valence electrons. The van der Waals surface area contributed by atoms with Crippen molar-refractivity contribution in [3.05, 3.63) is 16.1 Å². The van der Waals surface area contributed by atoms with Gasteiger partial charge in [0.2, 0.25) is 0 Å². The fourth-order valence-electron chi connectivity index (χ4n) is 2.76. The first-order valence-electron chi connectivity index (χ1n) is 7.16. The standard InChI is InChI=1S/C14H23N3S/c1-11-10-18-14(16-11)9-17(7-12-4-5-12)8-13-3-2-6-15-13/h10,12-13,15H,2-9H2,1H3. The lowest BCUT2D eigenvalue weighted by Crippen LogP contribution is -2.38. The number of rotatable bonds is 6. The molecule has 1 aromatic rings. The highest BCUT2D eigenvalue weighted by Crippen LogP contribution is 2.30. The van der Waals surface area contributed by atoms with E-state index in [0.717, 1.165) is 12.5 Å². The third kappa shape index (κ3) is 3.53. The molecule has 1 atom stereocenters. The van der Waals surface area contributed by atoms with Crippen molar-refractivity contribution in [2.45, 2.75) is 45.2 Å². The van der Waals surface area contributed by atoms with Gasteiger partial charge in [-0.15, -0.1) is 11.3 Å². The van der Waals surface area contributed by atoms with Crippen LogP contribution in [0.4, 0.5) is 0 Å². The molecule has 1 saturated heterocycles. The smallest absolute Gasteiger partial charge is 0.107 e. The van der Waals surface area contributed by atoms with Crippen LogP contribution in [-0.2, 0) is 6.54 Å². The van der Waals surface area contributed by atoms with E-state index in [1.165, 1.54) is 56.0 Å². The molecule has 2 heterocycles. The van der Waals surface area contributed by atoms with E-state index in [4.69, 9.17) is 0 Å². The van der Waals surface area contributed by atoms with Crippen LogP contribution in [0.5, 0.6) is 0 Å². The minimum atomic E-state index is 0.713. The summed E-state index contributed by atoms with van der Waals surface area (Å²) in [4.78, 5) is 7.23. The van der Waals surface area contributed by atoms with Gasteiger partial charge in [-0.05, 0) is 45.1 Å². The second-order valence-electron chi connectivity index (χ2n) is 5.81. The molecule has 1 N–H and O–H groups in total. The van der Waals surface area contributed by atoms with E-state index in [1.807, 2.05) is 11.3 Å². The van der Waals surface area contributed by atoms with Crippen molar-refractivity contribution in [2.75, 3.05) is 19.6 Å². The lowest BCUT2D eigenvalue weighted by molar-refractivity contribution is 0.231. The zero-order valence-electron chi connectivity index (χ0n) is 11.2. The molecule has 0 radical (unpaired) electrons. The van der Waals surface area contributed by atoms with Crippen molar-refractivity contribution in [1.29, 1.82) is 0 Å². The summed E-state index contributed by atoms with van der Waals surface area (Å²) in [6.45, 7) is 6.82. The molecule has 0 amide bonds. The van der Waals surface area contributed by atoms with Crippen LogP contribution >= 0.6 is 11.3 Å². The van der Waals surface area contributed by atoms with Crippen LogP contribution in [0.1, 0.15) is 36.4 Å². The summed E-state index contributed by atoms with van der Waals surface area (Å²) in [5.41, 5.74) is 1.17. The Morgan fingerprint density at radius 3 is 2.89 bits per heavy atom. The number of aromatic nitrogens is 1. The predicted molar refractivity (Wildman–Crippen MR) is 75.9 cm³/mol. The Labute approximate surface area is 114 Å². The van der Waals surface area contributed by atoms with E-state index in [0.29, 0.717) is 6.04 Å². The van der Waals surface area contributed by atoms with Crippen LogP contribution in [0.15, 0.2) is 5.38 Å². The van der Waals surface area contributed by atoms with Gasteiger partial charge in [-0.2, -0.15) is 0 Å². The summed E-state index contributed by atoms with van der Waals surface area (Å²) in [6.07, 6.45) is 5.56. The molecule has 1 aliphatic heterocycles. The number of nitrogens with zero attached hydrogens (tertiary/aromatic N) is 2. The molecular formula is C14H23N3S. The van der Waals surface area contributed by atoms with Gasteiger partial charge < -0.3 is 5.32 Å². The van der Waals surface area contributed by atoms with Crippen molar-refractivity contribution in [2.24, 2.45) is 5.92 Å². The summed E-state index contributed by atoms with van der Waals surface area (Å²) in [5.74, 6) is 0.965. The monoisotopic (exact) mass is 265 g/mol. The Kier molecular flexibility index (Phi) is 3.97. The van der Waals surface area contributed by atoms with Gasteiger partial charge in [0.15, 0.2) is 0 Å². The molecule has 18 heavy (non-hydrogen) atoms. The molecule has 1 saturated carbocycles. The van der Waals surface area contributed by atoms with Crippen molar-refractivity contribution in [3.8, 4) is 0 Å². The van der Waals surface area contributed by atoms with Gasteiger partial charge in [0, 0.05) is 30.2 Å². The Hall–Kier alpha value is -0.450. The first-order chi connectivity index (χ1) is 8.79. The van der Waals surface area contributed by atoms with Gasteiger partial charge in [0.05, 0.1) is 6.54 Å². The Morgan fingerprint density at radius 2 is 2.28 bits per heavy atom. The highest BCUT2D eigenvalue weighted by atomic mass is 32.1. The van der Waals surface area contributed by atoms with Crippen LogP contribution in [0.2, 0.25) is 0 Å². The molecule has 2 aliphatic rings. The number of nitrogens with one attached hydrogen (secondary N) is 1. The average Bonchev–Trinajstić information content (AvgIpc) is 2.84. The van der Waals surface area contributed by atoms with Crippen LogP contribution in [0.25, 0.3) is 0 Å². The normalized spacial score (nSPS) is 24.0. The van der Waals surface area contributed by atoms with Crippen LogP contribution in [-0.4, -0.2) is 35.6 Å². The fourth-order valence-corrected chi connectivity index (χ4v) is 3.57. The third-order valence-corrected chi connectivity index (χ3v) is 4.83. The number of hydrogen-bond donors (Lipinski definition) is 1. The summed E-state index contributed by atoms with van der Waals surface area (Å²) >= 11 is 1.81. The number of hydrogen-bond acceptors (Lipinski definition) is 4. The highest BCUT2D eigenvalue weighted by molar-refractivity contribution is 7.09. The number of aryl methyl sites for hydroxylation is 1. The highest BCUT2D eigenvalue weighted by Gasteiger charge is 2.26. The maximum absolute atomic E-state index is 4.61. The SMILES string of the molecule is Cc1csc(CN(CC2CC2)CC2CCCN2)n1. The maximum Gasteiger partial charge on any atom is 0.107 e. The minimum Gasteiger partial charge on any atom is -0.313 e. The zero-order chi connectivity index (χ0) is 12.4. The lowest BCUT2D eigenvalue weighted by Gasteiger charge is -2.24. The van der Waals surface area contributed by atoms with Crippen LogP contribution < -0.4 is 5.32 Å². The van der Waals surface area contributed by atoms with E-state index in [9.17, 15) is 0 Å². The molecule has 1 aliphatic carbocycles. The Balaban J connectivity index is 1.57. The second-order valence-corrected chi connectivity index (χ2v) is 6.76. The van der Waals surface area contributed by atoms with Crippen LogP contribution in [0, 0.1) is 12.8 Å². The van der Waals surface area contributed by atoms with Gasteiger partial charge >= 0.3 is 0 Å². The fraction of sp³-hybridized carbons (Fsp3) is 0.786. The first kappa shape index (κ1) is 12.6. The summed E-state index contributed by atoms with van der Waals surface area (Å²) < 4.78 is 0. The lowest BCUT2D eigenvalue weighted by atomic mass is 10.2. The first-order valence-corrected chi connectivity index (χ1v) is 8.04. The van der Waals surface area contributed by atoms with Crippen molar-refractivity contribution < 1.29 is 0 Å². The van der Waals surface area contributed by atoms with Gasteiger partial charge in [-0.25, -0.2) is 4.98 Å². The van der Waals surface area contributed by atoms with Crippen molar-refractivity contribution in [3.63, 3.8) is 0 Å². The molecule has 3 rings (SSSR count). The average molecular weight is 265 g/mol. The minimum absolute atomic E-state index is 0.713. The summed E-state index contributed by atoms with van der Waals surface area (Å²) in [7, 11) is 0. The second kappa shape index (κ2) is 5.68. The Bertz CT molecular complexity index is 380. The molecule has 3 nitrogen and oxygen atoms in total. The van der Waals surface area contributed by atoms with Gasteiger partial charge in [0.25, 0.3) is 0 Å². The van der Waals surface area contributed by atoms with Crippen molar-refractivity contribution >= 4 is 11.3 Å². The molecule has 0 spiro atoms. The van der Waals surface area contributed by atoms with Gasteiger partial charge in [-0.3, -0.25) is 4.90 Å². The van der Waals surface area contributed by atoms with E-state index in [2.05, 4.69) is 27.5 Å². The zero-order valence-corrected chi connectivity index (χ0v) is 12.0. The van der Waals surface area contributed by atoms with E-state index in [-0.39, 0.29) is 0 Å². The van der Waals surface area contributed by atoms with Crippen LogP contribution in [0.3, 0.4) is 0 Å². The Morgan fingerprint density at radius 1 is 1.39 bits per heavy atom. The molecule has 4 heteroatoms. The maximum atomic E-state index is 4.61. The van der Waals surface area contributed by atoms with E-state index < -0.39 is 0 Å². The van der Waals surface area contributed by atoms with Gasteiger partial charge in [-0.1, -0.05) is 0 Å². The molecule has 2 fully saturated rings. The largest absolute Gasteiger partial charge is 0.313 e. The molecular weight excluding hydrogens is 242 g/mol. The van der Waals surface area contributed by atoms with Crippen molar-refractivity contribution in [1.82, 2.24) is 15.2 Å². The third-order valence-electron chi connectivity index (χ3n) is 3.88. The number of thiazole rings is 1. The van der Waals surface area contributed by atoms with E-state index >= 15 is 0 Å². The van der Waals surface area contributed by atoms with Gasteiger partial charge in [0.1, 0.15) is 5.01 Å². The topological polar surface area (TPSA) is 28.2 Å². The summed E-state index contributed by atoms with van der Waals surface area (Å²) in [6, 6.07) is 0.713. The summed E-state index contributed by atoms with van der Waals surface area (Å²) in [5, 5.41) is 7.06. The van der Waals surface area contributed by atoms with E-state index in [1.54, 1.807) is 0 Å². The molecule has 0 aromatic carbocycles.